The zero-order valence-electron chi connectivity index (χ0n) is 51.0. The molecule has 20 aromatic rings. The van der Waals surface area contributed by atoms with E-state index in [1.54, 1.807) is 12.7 Å². The molecule has 0 saturated carbocycles. The Kier molecular flexibility index (Phi) is 11.5. The topological polar surface area (TPSA) is 89.1 Å². The SMILES string of the molecule is c1ccc(-c2cc(-c3ccccc3)nc(-n3c4ccc(-c5ccc6c(c5)c5cc(-c7ccc8c(c7)c7ccc9c%10ccccc%10n(-c%10ccccc%10)c9c7n8-c7ccccc7)ccc5n6-c5ncncn5)cc4c4cc5c(cc43)c3ccccc3n5-c3ccccc3)n2)cc1. The van der Waals surface area contributed by atoms with Gasteiger partial charge in [0, 0.05) is 82.1 Å². The summed E-state index contributed by atoms with van der Waals surface area (Å²) in [4.78, 5) is 24.7. The molecule has 7 aromatic heterocycles. The highest BCUT2D eigenvalue weighted by atomic mass is 15.2. The summed E-state index contributed by atoms with van der Waals surface area (Å²) in [5.41, 5.74) is 22.3. The Morgan fingerprint density at radius 1 is 0.200 bits per heavy atom. The monoisotopic (exact) mass is 1210 g/mol. The summed E-state index contributed by atoms with van der Waals surface area (Å²) in [5, 5.41) is 11.4. The van der Waals surface area contributed by atoms with Crippen molar-refractivity contribution in [1.29, 1.82) is 0 Å². The van der Waals surface area contributed by atoms with Gasteiger partial charge in [-0.3, -0.25) is 9.13 Å². The summed E-state index contributed by atoms with van der Waals surface area (Å²) in [6.07, 6.45) is 3.14. The highest BCUT2D eigenvalue weighted by Crippen LogP contribution is 2.46. The van der Waals surface area contributed by atoms with E-state index in [2.05, 4.69) is 319 Å². The molecule has 10 heteroatoms. The average Bonchev–Trinajstić information content (AvgIpc) is 1.57. The molecule has 0 aliphatic rings. The molecule has 7 heterocycles. The van der Waals surface area contributed by atoms with Gasteiger partial charge in [0.05, 0.1) is 66.6 Å². The van der Waals surface area contributed by atoms with E-state index in [9.17, 15) is 0 Å². The predicted octanol–water partition coefficient (Wildman–Crippen LogP) is 20.8. The van der Waals surface area contributed by atoms with Crippen LogP contribution in [-0.4, -0.2) is 47.8 Å². The van der Waals surface area contributed by atoms with Crippen molar-refractivity contribution in [2.45, 2.75) is 0 Å². The van der Waals surface area contributed by atoms with E-state index in [1.165, 1.54) is 43.5 Å². The van der Waals surface area contributed by atoms with Gasteiger partial charge in [-0.2, -0.15) is 0 Å². The molecule has 0 bridgehead atoms. The normalized spacial score (nSPS) is 12.0. The number of nitrogens with zero attached hydrogens (tertiary/aromatic N) is 10. The largest absolute Gasteiger partial charge is 0.309 e. The Morgan fingerprint density at radius 2 is 0.526 bits per heavy atom. The van der Waals surface area contributed by atoms with Gasteiger partial charge in [-0.05, 0) is 138 Å². The third-order valence-electron chi connectivity index (χ3n) is 19.3. The highest BCUT2D eigenvalue weighted by Gasteiger charge is 2.25. The van der Waals surface area contributed by atoms with Crippen molar-refractivity contribution in [2.24, 2.45) is 0 Å². The van der Waals surface area contributed by atoms with Crippen molar-refractivity contribution in [3.63, 3.8) is 0 Å². The zero-order chi connectivity index (χ0) is 62.2. The molecule has 0 radical (unpaired) electrons. The second kappa shape index (κ2) is 20.7. The van der Waals surface area contributed by atoms with Crippen LogP contribution in [0.3, 0.4) is 0 Å². The van der Waals surface area contributed by atoms with Crippen molar-refractivity contribution in [3.8, 4) is 73.7 Å². The minimum atomic E-state index is 0.553. The first-order chi connectivity index (χ1) is 47.1. The van der Waals surface area contributed by atoms with E-state index in [-0.39, 0.29) is 0 Å². The lowest BCUT2D eigenvalue weighted by molar-refractivity contribution is 0.939. The van der Waals surface area contributed by atoms with Crippen LogP contribution in [0.4, 0.5) is 0 Å². The fourth-order valence-electron chi connectivity index (χ4n) is 15.1. The maximum Gasteiger partial charge on any atom is 0.237 e. The van der Waals surface area contributed by atoms with Gasteiger partial charge in [0.2, 0.25) is 11.9 Å². The van der Waals surface area contributed by atoms with Crippen LogP contribution in [0.25, 0.3) is 183 Å². The molecule has 0 atom stereocenters. The molecule has 0 aliphatic carbocycles. The number of rotatable bonds is 9. The van der Waals surface area contributed by atoms with Crippen molar-refractivity contribution >= 4 is 109 Å². The fourth-order valence-corrected chi connectivity index (χ4v) is 15.1. The van der Waals surface area contributed by atoms with Crippen LogP contribution in [0.15, 0.2) is 316 Å². The molecule has 20 rings (SSSR count). The van der Waals surface area contributed by atoms with Crippen LogP contribution in [0.1, 0.15) is 0 Å². The van der Waals surface area contributed by atoms with Crippen molar-refractivity contribution in [1.82, 2.24) is 47.8 Å². The maximum atomic E-state index is 5.47. The molecular weight excluding hydrogens is 1160 g/mol. The van der Waals surface area contributed by atoms with Gasteiger partial charge in [-0.25, -0.2) is 24.9 Å². The number of hydrogen-bond donors (Lipinski definition) is 0. The Morgan fingerprint density at radius 3 is 1.00 bits per heavy atom. The fraction of sp³-hybridized carbons (Fsp3) is 0. The zero-order valence-corrected chi connectivity index (χ0v) is 51.0. The molecule has 13 aromatic carbocycles. The Balaban J connectivity index is 0.802. The third-order valence-corrected chi connectivity index (χ3v) is 19.3. The van der Waals surface area contributed by atoms with Crippen LogP contribution in [-0.2, 0) is 0 Å². The van der Waals surface area contributed by atoms with Crippen LogP contribution < -0.4 is 0 Å². The van der Waals surface area contributed by atoms with Gasteiger partial charge in [-0.15, -0.1) is 0 Å². The van der Waals surface area contributed by atoms with E-state index in [0.717, 1.165) is 127 Å². The molecule has 95 heavy (non-hydrogen) atoms. The van der Waals surface area contributed by atoms with Crippen LogP contribution in [0, 0.1) is 0 Å². The minimum Gasteiger partial charge on any atom is -0.309 e. The molecule has 0 saturated heterocycles. The number of hydrogen-bond acceptors (Lipinski definition) is 5. The van der Waals surface area contributed by atoms with Gasteiger partial charge < -0.3 is 13.7 Å². The standard InChI is InChI=1S/C85H52N10/c1-6-20-53(21-7-1)72-50-73(54-22-8-2-9-23-54)90-85(89-72)95-79-43-37-58(47-69(79)71-49-80-70(48-81(71)95)63-31-17-18-32-74(63)91(80)59-24-10-3-11-25-59)57-36-42-78-68(46-57)67-45-56(35-41-77(67)94(78)84-87-51-86-52-88-84)55-34-40-76-66(44-55)65-39-38-64-62-30-16-19-33-75(62)92(60-26-12-4-13-27-60)82(64)83(65)93(76)61-28-14-5-15-29-61/h1-52H. The maximum absolute atomic E-state index is 5.47. The lowest BCUT2D eigenvalue weighted by atomic mass is 9.98. The smallest absolute Gasteiger partial charge is 0.237 e. The highest BCUT2D eigenvalue weighted by molar-refractivity contribution is 6.25. The number of aromatic nitrogens is 10. The van der Waals surface area contributed by atoms with E-state index in [0.29, 0.717) is 11.9 Å². The number of fused-ring (bicyclic) bond motifs is 16. The third kappa shape index (κ3) is 8.08. The predicted molar refractivity (Wildman–Crippen MR) is 389 cm³/mol. The molecule has 0 spiro atoms. The van der Waals surface area contributed by atoms with E-state index in [1.807, 2.05) is 12.1 Å². The molecule has 10 nitrogen and oxygen atoms in total. The number of para-hydroxylation sites is 5. The van der Waals surface area contributed by atoms with Gasteiger partial charge in [-0.1, -0.05) is 188 Å². The Bertz CT molecular complexity index is 6430. The quantitative estimate of drug-likeness (QED) is 0.144. The average molecular weight is 1210 g/mol. The van der Waals surface area contributed by atoms with Crippen LogP contribution >= 0.6 is 0 Å². The van der Waals surface area contributed by atoms with Crippen LogP contribution in [0.5, 0.6) is 0 Å². The second-order valence-electron chi connectivity index (χ2n) is 24.5. The lowest BCUT2D eigenvalue weighted by Gasteiger charge is -2.12. The summed E-state index contributed by atoms with van der Waals surface area (Å²) in [6, 6.07) is 110. The van der Waals surface area contributed by atoms with Gasteiger partial charge in [0.25, 0.3) is 0 Å². The molecule has 0 N–H and O–H groups in total. The summed E-state index contributed by atoms with van der Waals surface area (Å²) >= 11 is 0. The first-order valence-electron chi connectivity index (χ1n) is 32.0. The Hall–Kier alpha value is -13.1. The van der Waals surface area contributed by atoms with E-state index < -0.39 is 0 Å². The van der Waals surface area contributed by atoms with E-state index >= 15 is 0 Å². The molecular formula is C85H52N10. The Labute approximate surface area is 543 Å². The minimum absolute atomic E-state index is 0.553. The van der Waals surface area contributed by atoms with Gasteiger partial charge in [0.15, 0.2) is 0 Å². The second-order valence-corrected chi connectivity index (χ2v) is 24.5. The molecule has 0 amide bonds. The summed E-state index contributed by atoms with van der Waals surface area (Å²) < 4.78 is 11.7. The molecule has 442 valence electrons. The van der Waals surface area contributed by atoms with Crippen molar-refractivity contribution in [3.05, 3.63) is 316 Å². The van der Waals surface area contributed by atoms with Gasteiger partial charge >= 0.3 is 0 Å². The van der Waals surface area contributed by atoms with Crippen LogP contribution in [0.2, 0.25) is 0 Å². The van der Waals surface area contributed by atoms with E-state index in [4.69, 9.17) is 19.9 Å². The molecule has 0 unspecified atom stereocenters. The summed E-state index contributed by atoms with van der Waals surface area (Å²) in [5.74, 6) is 1.15. The number of benzene rings is 13. The summed E-state index contributed by atoms with van der Waals surface area (Å²) in [7, 11) is 0. The molecule has 0 aliphatic heterocycles. The van der Waals surface area contributed by atoms with Crippen molar-refractivity contribution in [2.75, 3.05) is 0 Å². The van der Waals surface area contributed by atoms with Gasteiger partial charge in [0.1, 0.15) is 12.7 Å². The molecule has 0 fully saturated rings. The van der Waals surface area contributed by atoms with Crippen molar-refractivity contribution < 1.29 is 0 Å². The summed E-state index contributed by atoms with van der Waals surface area (Å²) in [6.45, 7) is 0. The first kappa shape index (κ1) is 52.7. The lowest BCUT2D eigenvalue weighted by Crippen LogP contribution is -2.04. The first-order valence-corrected chi connectivity index (χ1v) is 32.0.